The molecular weight excluding hydrogens is 305 g/mol. The van der Waals surface area contributed by atoms with Gasteiger partial charge in [-0.05, 0) is 24.3 Å². The third kappa shape index (κ3) is 3.49. The molecule has 2 rings (SSSR count). The van der Waals surface area contributed by atoms with Crippen molar-refractivity contribution in [3.8, 4) is 0 Å². The van der Waals surface area contributed by atoms with E-state index in [0.717, 1.165) is 4.68 Å². The maximum atomic E-state index is 12.0. The highest BCUT2D eigenvalue weighted by Crippen LogP contribution is 2.22. The molecule has 0 saturated carbocycles. The zero-order valence-corrected chi connectivity index (χ0v) is 11.5. The average Bonchev–Trinajstić information content (AvgIpc) is 2.74. The molecule has 2 N–H and O–H groups in total. The van der Waals surface area contributed by atoms with Gasteiger partial charge in [0, 0.05) is 21.9 Å². The van der Waals surface area contributed by atoms with Crippen molar-refractivity contribution in [3.05, 3.63) is 46.2 Å². The second-order valence-electron chi connectivity index (χ2n) is 3.88. The minimum absolute atomic E-state index is 0.128. The molecule has 1 aromatic carbocycles. The Balaban J connectivity index is 2.20. The summed E-state index contributed by atoms with van der Waals surface area (Å²) in [5, 5.41) is 15.8. The molecule has 0 unspecified atom stereocenters. The molecule has 8 heteroatoms. The lowest BCUT2D eigenvalue weighted by molar-refractivity contribution is -0.137. The molecule has 0 spiro atoms. The number of carbonyl (C=O) groups is 2. The SMILES string of the molecule is O=C(O)Cn1nccc1C(=O)Nc1cc(Cl)cc(Cl)c1. The molecule has 1 amide bonds. The van der Waals surface area contributed by atoms with Gasteiger partial charge in [0.05, 0.1) is 0 Å². The molecule has 0 bridgehead atoms. The Labute approximate surface area is 123 Å². The van der Waals surface area contributed by atoms with E-state index in [1.165, 1.54) is 30.5 Å². The van der Waals surface area contributed by atoms with E-state index in [1.54, 1.807) is 0 Å². The van der Waals surface area contributed by atoms with E-state index in [4.69, 9.17) is 28.3 Å². The smallest absolute Gasteiger partial charge is 0.325 e. The number of benzene rings is 1. The van der Waals surface area contributed by atoms with Crippen LogP contribution in [0.25, 0.3) is 0 Å². The van der Waals surface area contributed by atoms with Crippen LogP contribution in [0.2, 0.25) is 10.0 Å². The first kappa shape index (κ1) is 14.4. The van der Waals surface area contributed by atoms with Crippen LogP contribution >= 0.6 is 23.2 Å². The number of anilines is 1. The second kappa shape index (κ2) is 5.94. The summed E-state index contributed by atoms with van der Waals surface area (Å²) >= 11 is 11.7. The summed E-state index contributed by atoms with van der Waals surface area (Å²) in [7, 11) is 0. The van der Waals surface area contributed by atoms with Crippen LogP contribution < -0.4 is 5.32 Å². The fourth-order valence-corrected chi connectivity index (χ4v) is 2.13. The van der Waals surface area contributed by atoms with Gasteiger partial charge in [0.2, 0.25) is 0 Å². The number of nitrogens with zero attached hydrogens (tertiary/aromatic N) is 2. The standard InChI is InChI=1S/C12H9Cl2N3O3/c13-7-3-8(14)5-9(4-7)16-12(20)10-1-2-15-17(10)6-11(18)19/h1-5H,6H2,(H,16,20)(H,18,19). The third-order valence-electron chi connectivity index (χ3n) is 2.35. The summed E-state index contributed by atoms with van der Waals surface area (Å²) in [5.41, 5.74) is 0.541. The van der Waals surface area contributed by atoms with Gasteiger partial charge in [0.25, 0.3) is 5.91 Å². The van der Waals surface area contributed by atoms with Crippen molar-refractivity contribution in [1.82, 2.24) is 9.78 Å². The molecule has 20 heavy (non-hydrogen) atoms. The molecular formula is C12H9Cl2N3O3. The van der Waals surface area contributed by atoms with E-state index in [-0.39, 0.29) is 5.69 Å². The molecule has 0 atom stereocenters. The normalized spacial score (nSPS) is 10.3. The van der Waals surface area contributed by atoms with Gasteiger partial charge in [0.1, 0.15) is 12.2 Å². The van der Waals surface area contributed by atoms with E-state index in [2.05, 4.69) is 10.4 Å². The van der Waals surface area contributed by atoms with Crippen molar-refractivity contribution in [3.63, 3.8) is 0 Å². The Morgan fingerprint density at radius 3 is 2.50 bits per heavy atom. The fourth-order valence-electron chi connectivity index (χ4n) is 1.60. The van der Waals surface area contributed by atoms with Crippen LogP contribution in [0, 0.1) is 0 Å². The number of aromatic nitrogens is 2. The van der Waals surface area contributed by atoms with Crippen molar-refractivity contribution >= 4 is 40.8 Å². The third-order valence-corrected chi connectivity index (χ3v) is 2.79. The maximum Gasteiger partial charge on any atom is 0.325 e. The Bertz CT molecular complexity index is 649. The van der Waals surface area contributed by atoms with Gasteiger partial charge in [-0.1, -0.05) is 23.2 Å². The van der Waals surface area contributed by atoms with Crippen LogP contribution in [-0.2, 0) is 11.3 Å². The van der Waals surface area contributed by atoms with Crippen LogP contribution in [0.15, 0.2) is 30.5 Å². The van der Waals surface area contributed by atoms with Gasteiger partial charge >= 0.3 is 5.97 Å². The molecule has 104 valence electrons. The second-order valence-corrected chi connectivity index (χ2v) is 4.75. The Morgan fingerprint density at radius 1 is 1.25 bits per heavy atom. The molecule has 0 fully saturated rings. The molecule has 1 heterocycles. The highest BCUT2D eigenvalue weighted by atomic mass is 35.5. The highest BCUT2D eigenvalue weighted by molar-refractivity contribution is 6.35. The summed E-state index contributed by atoms with van der Waals surface area (Å²) in [6.45, 7) is -0.397. The predicted octanol–water partition coefficient (Wildman–Crippen LogP) is 2.53. The molecule has 0 saturated heterocycles. The van der Waals surface area contributed by atoms with Crippen LogP contribution in [0.5, 0.6) is 0 Å². The number of aliphatic carboxylic acids is 1. The predicted molar refractivity (Wildman–Crippen MR) is 74.3 cm³/mol. The number of hydrogen-bond donors (Lipinski definition) is 2. The van der Waals surface area contributed by atoms with Crippen molar-refractivity contribution in [2.45, 2.75) is 6.54 Å². The number of carbonyl (C=O) groups excluding carboxylic acids is 1. The van der Waals surface area contributed by atoms with Crippen molar-refractivity contribution in [2.75, 3.05) is 5.32 Å². The Kier molecular flexibility index (Phi) is 4.26. The number of halogens is 2. The molecule has 6 nitrogen and oxygen atoms in total. The minimum atomic E-state index is -1.09. The quantitative estimate of drug-likeness (QED) is 0.908. The van der Waals surface area contributed by atoms with Crippen LogP contribution in [0.3, 0.4) is 0 Å². The lowest BCUT2D eigenvalue weighted by atomic mass is 10.3. The van der Waals surface area contributed by atoms with Crippen LogP contribution in [-0.4, -0.2) is 26.8 Å². The topological polar surface area (TPSA) is 84.2 Å². The van der Waals surface area contributed by atoms with Gasteiger partial charge < -0.3 is 10.4 Å². The zero-order chi connectivity index (χ0) is 14.7. The number of amides is 1. The lowest BCUT2D eigenvalue weighted by Gasteiger charge is -2.07. The zero-order valence-electron chi connectivity index (χ0n) is 10.0. The monoisotopic (exact) mass is 313 g/mol. The summed E-state index contributed by atoms with van der Waals surface area (Å²) < 4.78 is 1.09. The first-order valence-electron chi connectivity index (χ1n) is 5.47. The summed E-state index contributed by atoms with van der Waals surface area (Å²) in [4.78, 5) is 22.7. The van der Waals surface area contributed by atoms with Gasteiger partial charge in [-0.25, -0.2) is 4.68 Å². The van der Waals surface area contributed by atoms with Crippen LogP contribution in [0.1, 0.15) is 10.5 Å². The minimum Gasteiger partial charge on any atom is -0.480 e. The summed E-state index contributed by atoms with van der Waals surface area (Å²) in [5.74, 6) is -1.59. The van der Waals surface area contributed by atoms with Gasteiger partial charge in [-0.3, -0.25) is 9.59 Å². The molecule has 2 aromatic rings. The summed E-state index contributed by atoms with van der Waals surface area (Å²) in [6, 6.07) is 6.02. The molecule has 0 radical (unpaired) electrons. The van der Waals surface area contributed by atoms with Crippen molar-refractivity contribution in [1.29, 1.82) is 0 Å². The molecule has 0 aliphatic heterocycles. The molecule has 0 aliphatic rings. The molecule has 1 aromatic heterocycles. The van der Waals surface area contributed by atoms with E-state index >= 15 is 0 Å². The highest BCUT2D eigenvalue weighted by Gasteiger charge is 2.14. The van der Waals surface area contributed by atoms with E-state index < -0.39 is 18.4 Å². The van der Waals surface area contributed by atoms with Crippen LogP contribution in [0.4, 0.5) is 5.69 Å². The average molecular weight is 314 g/mol. The van der Waals surface area contributed by atoms with E-state index in [9.17, 15) is 9.59 Å². The van der Waals surface area contributed by atoms with Gasteiger partial charge in [-0.15, -0.1) is 0 Å². The first-order valence-corrected chi connectivity index (χ1v) is 6.22. The fraction of sp³-hybridized carbons (Fsp3) is 0.0833. The van der Waals surface area contributed by atoms with E-state index in [0.29, 0.717) is 15.7 Å². The number of hydrogen-bond acceptors (Lipinski definition) is 3. The molecule has 0 aliphatic carbocycles. The number of carboxylic acid groups (broad SMARTS) is 1. The number of carboxylic acids is 1. The lowest BCUT2D eigenvalue weighted by Crippen LogP contribution is -2.20. The number of nitrogens with one attached hydrogen (secondary N) is 1. The van der Waals surface area contributed by atoms with E-state index in [1.807, 2.05) is 0 Å². The van der Waals surface area contributed by atoms with Gasteiger partial charge in [-0.2, -0.15) is 5.10 Å². The Hall–Kier alpha value is -2.05. The largest absolute Gasteiger partial charge is 0.480 e. The van der Waals surface area contributed by atoms with Crippen molar-refractivity contribution < 1.29 is 14.7 Å². The first-order chi connectivity index (χ1) is 9.45. The summed E-state index contributed by atoms with van der Waals surface area (Å²) in [6.07, 6.45) is 1.35. The Morgan fingerprint density at radius 2 is 1.90 bits per heavy atom. The van der Waals surface area contributed by atoms with Gasteiger partial charge in [0.15, 0.2) is 0 Å². The maximum absolute atomic E-state index is 12.0. The number of rotatable bonds is 4. The van der Waals surface area contributed by atoms with Crippen molar-refractivity contribution in [2.24, 2.45) is 0 Å².